The molecule has 1 N–H and O–H groups in total. The summed E-state index contributed by atoms with van der Waals surface area (Å²) in [6.45, 7) is 5.56. The molecule has 0 bridgehead atoms. The number of carbonyl (C=O) groups excluding carboxylic acids is 1. The van der Waals surface area contributed by atoms with E-state index >= 15 is 0 Å². The molecule has 1 saturated heterocycles. The van der Waals surface area contributed by atoms with Crippen molar-refractivity contribution in [1.82, 2.24) is 14.7 Å². The number of amides is 1. The fourth-order valence-electron chi connectivity index (χ4n) is 4.43. The van der Waals surface area contributed by atoms with Gasteiger partial charge in [0.25, 0.3) is 11.5 Å². The van der Waals surface area contributed by atoms with Crippen LogP contribution in [0.25, 0.3) is 5.69 Å². The molecule has 1 amide bonds. The van der Waals surface area contributed by atoms with Crippen LogP contribution in [0.1, 0.15) is 34.3 Å². The fraction of sp³-hybridized carbons (Fsp3) is 0.233. The van der Waals surface area contributed by atoms with Crippen molar-refractivity contribution in [3.63, 3.8) is 0 Å². The quantitative estimate of drug-likeness (QED) is 0.347. The van der Waals surface area contributed by atoms with Crippen molar-refractivity contribution in [2.45, 2.75) is 26.7 Å². The van der Waals surface area contributed by atoms with Crippen LogP contribution in [-0.2, 0) is 0 Å². The maximum Gasteiger partial charge on any atom is 0.299 e. The molecule has 1 fully saturated rings. The number of rotatable bonds is 7. The Morgan fingerprint density at radius 3 is 2.32 bits per heavy atom. The molecule has 0 spiro atoms. The van der Waals surface area contributed by atoms with Gasteiger partial charge in [-0.1, -0.05) is 12.1 Å². The molecule has 0 saturated carbocycles. The Balaban J connectivity index is 1.51. The normalized spacial score (nSPS) is 12.9. The number of methoxy groups -OCH3 is 1. The third-order valence-corrected chi connectivity index (χ3v) is 6.83. The molecule has 4 aromatic rings. The summed E-state index contributed by atoms with van der Waals surface area (Å²) >= 11 is 0. The molecule has 8 heteroatoms. The first-order valence-electron chi connectivity index (χ1n) is 12.6. The lowest BCUT2D eigenvalue weighted by atomic mass is 10.1. The van der Waals surface area contributed by atoms with Gasteiger partial charge in [-0.25, -0.2) is 0 Å². The summed E-state index contributed by atoms with van der Waals surface area (Å²) in [5.74, 6) is 1.64. The minimum atomic E-state index is -0.379. The number of benzene rings is 3. The second-order valence-electron chi connectivity index (χ2n) is 9.30. The van der Waals surface area contributed by atoms with E-state index in [0.717, 1.165) is 37.1 Å². The van der Waals surface area contributed by atoms with Crippen molar-refractivity contribution >= 4 is 17.3 Å². The van der Waals surface area contributed by atoms with Crippen LogP contribution in [0.15, 0.2) is 77.7 Å². The topological polar surface area (TPSA) is 85.7 Å². The van der Waals surface area contributed by atoms with E-state index in [0.29, 0.717) is 34.2 Å². The number of ether oxygens (including phenoxy) is 2. The number of nitrogens with zero attached hydrogens (tertiary/aromatic N) is 3. The van der Waals surface area contributed by atoms with Crippen molar-refractivity contribution in [1.29, 1.82) is 0 Å². The zero-order valence-electron chi connectivity index (χ0n) is 21.7. The minimum absolute atomic E-state index is 0.0266. The first-order valence-corrected chi connectivity index (χ1v) is 12.6. The van der Waals surface area contributed by atoms with Crippen LogP contribution < -0.4 is 20.3 Å². The third-order valence-electron chi connectivity index (χ3n) is 6.83. The average Bonchev–Trinajstić information content (AvgIpc) is 3.48. The fourth-order valence-corrected chi connectivity index (χ4v) is 4.43. The Labute approximate surface area is 221 Å². The first kappa shape index (κ1) is 25.1. The van der Waals surface area contributed by atoms with E-state index in [1.807, 2.05) is 36.9 Å². The zero-order valence-corrected chi connectivity index (χ0v) is 21.7. The van der Waals surface area contributed by atoms with Gasteiger partial charge in [0.1, 0.15) is 11.5 Å². The summed E-state index contributed by atoms with van der Waals surface area (Å²) < 4.78 is 12.8. The molecule has 0 unspecified atom stereocenters. The highest BCUT2D eigenvalue weighted by Gasteiger charge is 2.20. The lowest BCUT2D eigenvalue weighted by Crippen LogP contribution is -2.27. The lowest BCUT2D eigenvalue weighted by Gasteiger charge is -2.17. The van der Waals surface area contributed by atoms with Gasteiger partial charge in [0.2, 0.25) is 0 Å². The van der Waals surface area contributed by atoms with Crippen molar-refractivity contribution in [3.8, 4) is 22.9 Å². The van der Waals surface area contributed by atoms with E-state index in [9.17, 15) is 9.59 Å². The summed E-state index contributed by atoms with van der Waals surface area (Å²) in [5.41, 5.74) is 3.76. The SMILES string of the molecule is COc1ccc(-n2ncc(Oc3cccc(C)c3C)c(Nc3ccc(C(=O)N4CCCC4)cc3)c2=O)cc1. The number of aromatic nitrogens is 2. The van der Waals surface area contributed by atoms with E-state index in [1.54, 1.807) is 55.6 Å². The van der Waals surface area contributed by atoms with Gasteiger partial charge in [0.05, 0.1) is 19.0 Å². The molecule has 5 rings (SSSR count). The molecule has 1 aliphatic rings. The van der Waals surface area contributed by atoms with Crippen LogP contribution in [0.2, 0.25) is 0 Å². The Bertz CT molecular complexity index is 1510. The van der Waals surface area contributed by atoms with E-state index < -0.39 is 0 Å². The van der Waals surface area contributed by atoms with E-state index in [1.165, 1.54) is 10.9 Å². The second kappa shape index (κ2) is 10.8. The largest absolute Gasteiger partial charge is 0.497 e. The highest BCUT2D eigenvalue weighted by atomic mass is 16.5. The van der Waals surface area contributed by atoms with Gasteiger partial charge in [-0.3, -0.25) is 9.59 Å². The molecular formula is C30H30N4O4. The van der Waals surface area contributed by atoms with Gasteiger partial charge in [-0.05, 0) is 92.4 Å². The monoisotopic (exact) mass is 510 g/mol. The standard InChI is InChI=1S/C30H30N4O4/c1-20-7-6-8-26(21(20)2)38-27-19-31-34(24-13-15-25(37-3)16-14-24)30(36)28(27)32-23-11-9-22(10-12-23)29(35)33-17-4-5-18-33/h6-16,19,32H,4-5,17-18H2,1-3H3. The highest BCUT2D eigenvalue weighted by Crippen LogP contribution is 2.32. The van der Waals surface area contributed by atoms with Gasteiger partial charge in [0, 0.05) is 24.3 Å². The van der Waals surface area contributed by atoms with Gasteiger partial charge in [-0.15, -0.1) is 0 Å². The number of hydrogen-bond acceptors (Lipinski definition) is 6. The molecule has 38 heavy (non-hydrogen) atoms. The van der Waals surface area contributed by atoms with E-state index in [2.05, 4.69) is 10.4 Å². The summed E-state index contributed by atoms with van der Waals surface area (Å²) in [5, 5.41) is 7.60. The molecular weight excluding hydrogens is 480 g/mol. The Kier molecular flexibility index (Phi) is 7.13. The van der Waals surface area contributed by atoms with Crippen LogP contribution >= 0.6 is 0 Å². The van der Waals surface area contributed by atoms with Crippen molar-refractivity contribution in [3.05, 3.63) is 100.0 Å². The molecule has 8 nitrogen and oxygen atoms in total. The molecule has 194 valence electrons. The van der Waals surface area contributed by atoms with Gasteiger partial charge < -0.3 is 19.7 Å². The molecule has 0 atom stereocenters. The number of hydrogen-bond donors (Lipinski definition) is 1. The molecule has 0 radical (unpaired) electrons. The van der Waals surface area contributed by atoms with Crippen molar-refractivity contribution in [2.24, 2.45) is 0 Å². The van der Waals surface area contributed by atoms with Crippen molar-refractivity contribution in [2.75, 3.05) is 25.5 Å². The number of likely N-dealkylation sites (tertiary alicyclic amines) is 1. The van der Waals surface area contributed by atoms with Gasteiger partial charge in [-0.2, -0.15) is 9.78 Å². The molecule has 0 aliphatic carbocycles. The van der Waals surface area contributed by atoms with Gasteiger partial charge >= 0.3 is 0 Å². The number of carbonyl (C=O) groups is 1. The Morgan fingerprint density at radius 1 is 0.921 bits per heavy atom. The molecule has 1 aromatic heterocycles. The smallest absolute Gasteiger partial charge is 0.299 e. The highest BCUT2D eigenvalue weighted by molar-refractivity contribution is 5.94. The number of nitrogens with one attached hydrogen (secondary N) is 1. The van der Waals surface area contributed by atoms with E-state index in [-0.39, 0.29) is 17.2 Å². The molecule has 2 heterocycles. The predicted octanol–water partition coefficient (Wildman–Crippen LogP) is 5.63. The molecule has 1 aliphatic heterocycles. The van der Waals surface area contributed by atoms with Gasteiger partial charge in [0.15, 0.2) is 11.4 Å². The number of aryl methyl sites for hydroxylation is 1. The average molecular weight is 511 g/mol. The number of anilines is 2. The summed E-state index contributed by atoms with van der Waals surface area (Å²) in [6.07, 6.45) is 3.61. The maximum absolute atomic E-state index is 13.7. The maximum atomic E-state index is 13.7. The van der Waals surface area contributed by atoms with Crippen LogP contribution in [0.5, 0.6) is 17.2 Å². The summed E-state index contributed by atoms with van der Waals surface area (Å²) in [4.78, 5) is 28.3. The van der Waals surface area contributed by atoms with Crippen LogP contribution in [0, 0.1) is 13.8 Å². The zero-order chi connectivity index (χ0) is 26.6. The van der Waals surface area contributed by atoms with Crippen molar-refractivity contribution < 1.29 is 14.3 Å². The molecule has 3 aromatic carbocycles. The lowest BCUT2D eigenvalue weighted by molar-refractivity contribution is 0.0793. The predicted molar refractivity (Wildman–Crippen MR) is 147 cm³/mol. The summed E-state index contributed by atoms with van der Waals surface area (Å²) in [6, 6.07) is 20.0. The second-order valence-corrected chi connectivity index (χ2v) is 9.30. The minimum Gasteiger partial charge on any atom is -0.497 e. The third kappa shape index (κ3) is 5.11. The van der Waals surface area contributed by atoms with Crippen LogP contribution in [-0.4, -0.2) is 40.8 Å². The van der Waals surface area contributed by atoms with E-state index in [4.69, 9.17) is 9.47 Å². The van der Waals surface area contributed by atoms with Crippen LogP contribution in [0.4, 0.5) is 11.4 Å². The Hall–Kier alpha value is -4.59. The summed E-state index contributed by atoms with van der Waals surface area (Å²) in [7, 11) is 1.59. The Morgan fingerprint density at radius 2 is 1.63 bits per heavy atom. The first-order chi connectivity index (χ1) is 18.4. The van der Waals surface area contributed by atoms with Crippen LogP contribution in [0.3, 0.4) is 0 Å².